The van der Waals surface area contributed by atoms with Crippen molar-refractivity contribution >= 4 is 16.9 Å². The van der Waals surface area contributed by atoms with E-state index in [1.165, 1.54) is 0 Å². The van der Waals surface area contributed by atoms with Crippen LogP contribution in [0.25, 0.3) is 11.0 Å². The third kappa shape index (κ3) is 2.40. The highest BCUT2D eigenvalue weighted by atomic mass is 16.2. The number of benzene rings is 1. The minimum atomic E-state index is -0.555. The van der Waals surface area contributed by atoms with Crippen LogP contribution in [0.15, 0.2) is 36.7 Å². The molecule has 0 radical (unpaired) electrons. The van der Waals surface area contributed by atoms with E-state index < -0.39 is 5.54 Å². The minimum Gasteiger partial charge on any atom is -0.344 e. The second-order valence-corrected chi connectivity index (χ2v) is 6.61. The number of hydrogen-bond donors (Lipinski definition) is 2. The molecule has 2 aromatic heterocycles. The van der Waals surface area contributed by atoms with Gasteiger partial charge in [-0.1, -0.05) is 12.1 Å². The van der Waals surface area contributed by atoms with Crippen molar-refractivity contribution in [3.63, 3.8) is 0 Å². The summed E-state index contributed by atoms with van der Waals surface area (Å²) in [5, 5.41) is 3.13. The van der Waals surface area contributed by atoms with Gasteiger partial charge in [0.1, 0.15) is 11.6 Å². The van der Waals surface area contributed by atoms with E-state index in [9.17, 15) is 4.79 Å². The van der Waals surface area contributed by atoms with Gasteiger partial charge in [-0.25, -0.2) is 9.97 Å². The van der Waals surface area contributed by atoms with Crippen molar-refractivity contribution < 1.29 is 4.79 Å². The molecule has 6 heteroatoms. The number of nitrogens with zero attached hydrogens (tertiary/aromatic N) is 3. The smallest absolute Gasteiger partial charge is 0.226 e. The van der Waals surface area contributed by atoms with E-state index in [0.717, 1.165) is 22.7 Å². The average molecular weight is 309 g/mol. The number of rotatable bonds is 3. The number of hydrogen-bond acceptors (Lipinski definition) is 3. The summed E-state index contributed by atoms with van der Waals surface area (Å²) in [6.07, 6.45) is 4.39. The highest BCUT2D eigenvalue weighted by Gasteiger charge is 2.33. The third-order valence-electron chi connectivity index (χ3n) is 4.44. The summed E-state index contributed by atoms with van der Waals surface area (Å²) in [5.41, 5.74) is 1.33. The standard InChI is InChI=1S/C17H19N5O/c1-17(2,16-19-12-5-3-4-6-13(12)20-16)21-15(23)11-9-14-18-7-8-22(14)10-11/h3-8,11H,9-10H2,1-2H3,(H,19,20)(H,21,23). The van der Waals surface area contributed by atoms with Gasteiger partial charge in [0.25, 0.3) is 0 Å². The van der Waals surface area contributed by atoms with E-state index in [4.69, 9.17) is 0 Å². The molecule has 1 aliphatic rings. The Labute approximate surface area is 133 Å². The number of nitrogens with one attached hydrogen (secondary N) is 2. The predicted molar refractivity (Wildman–Crippen MR) is 86.7 cm³/mol. The number of aromatic amines is 1. The Kier molecular flexibility index (Phi) is 3.01. The largest absolute Gasteiger partial charge is 0.344 e. The van der Waals surface area contributed by atoms with Gasteiger partial charge in [-0.15, -0.1) is 0 Å². The summed E-state index contributed by atoms with van der Waals surface area (Å²) in [7, 11) is 0. The molecule has 118 valence electrons. The maximum Gasteiger partial charge on any atom is 0.226 e. The van der Waals surface area contributed by atoms with Crippen LogP contribution in [0.5, 0.6) is 0 Å². The zero-order chi connectivity index (χ0) is 16.0. The molecular weight excluding hydrogens is 290 g/mol. The molecule has 0 saturated heterocycles. The van der Waals surface area contributed by atoms with Crippen LogP contribution in [-0.4, -0.2) is 25.4 Å². The van der Waals surface area contributed by atoms with Gasteiger partial charge in [0.2, 0.25) is 5.91 Å². The monoisotopic (exact) mass is 309 g/mol. The van der Waals surface area contributed by atoms with Crippen molar-refractivity contribution in [2.24, 2.45) is 5.92 Å². The van der Waals surface area contributed by atoms with E-state index in [-0.39, 0.29) is 11.8 Å². The lowest BCUT2D eigenvalue weighted by molar-refractivity contribution is -0.126. The molecule has 0 fully saturated rings. The van der Waals surface area contributed by atoms with Gasteiger partial charge in [-0.3, -0.25) is 4.79 Å². The van der Waals surface area contributed by atoms with E-state index >= 15 is 0 Å². The molecular formula is C17H19N5O. The summed E-state index contributed by atoms with van der Waals surface area (Å²) < 4.78 is 2.04. The third-order valence-corrected chi connectivity index (χ3v) is 4.44. The average Bonchev–Trinajstić information content (AvgIpc) is 3.20. The fourth-order valence-corrected chi connectivity index (χ4v) is 3.11. The quantitative estimate of drug-likeness (QED) is 0.777. The van der Waals surface area contributed by atoms with Gasteiger partial charge in [0.15, 0.2) is 0 Å². The molecule has 0 bridgehead atoms. The Hall–Kier alpha value is -2.63. The minimum absolute atomic E-state index is 0.0426. The van der Waals surface area contributed by atoms with Crippen molar-refractivity contribution in [3.8, 4) is 0 Å². The van der Waals surface area contributed by atoms with Crippen LogP contribution in [0.4, 0.5) is 0 Å². The van der Waals surface area contributed by atoms with Crippen LogP contribution in [0.1, 0.15) is 25.5 Å². The number of carbonyl (C=O) groups is 1. The van der Waals surface area contributed by atoms with Crippen LogP contribution in [0, 0.1) is 5.92 Å². The number of imidazole rings is 2. The van der Waals surface area contributed by atoms with Gasteiger partial charge in [0, 0.05) is 25.4 Å². The molecule has 1 amide bonds. The summed E-state index contributed by atoms with van der Waals surface area (Å²) in [6, 6.07) is 7.87. The predicted octanol–water partition coefficient (Wildman–Crippen LogP) is 1.98. The summed E-state index contributed by atoms with van der Waals surface area (Å²) >= 11 is 0. The van der Waals surface area contributed by atoms with Crippen LogP contribution in [-0.2, 0) is 23.3 Å². The molecule has 1 aliphatic heterocycles. The Morgan fingerprint density at radius 3 is 3.00 bits per heavy atom. The van der Waals surface area contributed by atoms with Crippen LogP contribution in [0.2, 0.25) is 0 Å². The van der Waals surface area contributed by atoms with Gasteiger partial charge in [-0.2, -0.15) is 0 Å². The Morgan fingerprint density at radius 2 is 2.22 bits per heavy atom. The van der Waals surface area contributed by atoms with Crippen molar-refractivity contribution in [2.45, 2.75) is 32.4 Å². The maximum atomic E-state index is 12.6. The molecule has 1 aromatic carbocycles. The van der Waals surface area contributed by atoms with E-state index in [1.54, 1.807) is 6.20 Å². The number of amides is 1. The van der Waals surface area contributed by atoms with E-state index in [2.05, 4.69) is 20.3 Å². The molecule has 1 unspecified atom stereocenters. The van der Waals surface area contributed by atoms with Gasteiger partial charge < -0.3 is 14.9 Å². The molecule has 3 heterocycles. The zero-order valence-electron chi connectivity index (χ0n) is 13.2. The first-order chi connectivity index (χ1) is 11.0. The second-order valence-electron chi connectivity index (χ2n) is 6.61. The van der Waals surface area contributed by atoms with Crippen molar-refractivity contribution in [1.82, 2.24) is 24.8 Å². The highest BCUT2D eigenvalue weighted by molar-refractivity contribution is 5.80. The van der Waals surface area contributed by atoms with Crippen LogP contribution in [0.3, 0.4) is 0 Å². The molecule has 0 saturated carbocycles. The lowest BCUT2D eigenvalue weighted by Gasteiger charge is -2.25. The molecule has 4 rings (SSSR count). The first-order valence-electron chi connectivity index (χ1n) is 7.80. The molecule has 3 aromatic rings. The molecule has 6 nitrogen and oxygen atoms in total. The normalized spacial score (nSPS) is 17.4. The van der Waals surface area contributed by atoms with Crippen LogP contribution < -0.4 is 5.32 Å². The lowest BCUT2D eigenvalue weighted by atomic mass is 10.0. The maximum absolute atomic E-state index is 12.6. The van der Waals surface area contributed by atoms with Gasteiger partial charge >= 0.3 is 0 Å². The van der Waals surface area contributed by atoms with Crippen LogP contribution >= 0.6 is 0 Å². The van der Waals surface area contributed by atoms with Crippen molar-refractivity contribution in [3.05, 3.63) is 48.3 Å². The second kappa shape index (κ2) is 4.94. The SMILES string of the molecule is CC(C)(NC(=O)C1Cc2nccn2C1)c1nc2ccccc2[nH]1. The fourth-order valence-electron chi connectivity index (χ4n) is 3.11. The molecule has 1 atom stereocenters. The number of aromatic nitrogens is 4. The van der Waals surface area contributed by atoms with Crippen molar-refractivity contribution in [1.29, 1.82) is 0 Å². The summed E-state index contributed by atoms with van der Waals surface area (Å²) in [5.74, 6) is 1.72. The first-order valence-corrected chi connectivity index (χ1v) is 7.80. The molecule has 23 heavy (non-hydrogen) atoms. The lowest BCUT2D eigenvalue weighted by Crippen LogP contribution is -2.45. The highest BCUT2D eigenvalue weighted by Crippen LogP contribution is 2.24. The Bertz CT molecular complexity index is 822. The number of carbonyl (C=O) groups excluding carboxylic acids is 1. The topological polar surface area (TPSA) is 75.6 Å². The zero-order valence-corrected chi connectivity index (χ0v) is 13.2. The van der Waals surface area contributed by atoms with Gasteiger partial charge in [-0.05, 0) is 26.0 Å². The number of H-pyrrole nitrogens is 1. The summed E-state index contributed by atoms with van der Waals surface area (Å²) in [4.78, 5) is 24.8. The molecule has 0 aliphatic carbocycles. The number of para-hydroxylation sites is 2. The summed E-state index contributed by atoms with van der Waals surface area (Å²) in [6.45, 7) is 4.63. The Morgan fingerprint density at radius 1 is 1.39 bits per heavy atom. The van der Waals surface area contributed by atoms with Gasteiger partial charge in [0.05, 0.1) is 22.5 Å². The fraction of sp³-hybridized carbons (Fsp3) is 0.353. The molecule has 0 spiro atoms. The first kappa shape index (κ1) is 14.0. The molecule has 2 N–H and O–H groups in total. The van der Waals surface area contributed by atoms with E-state index in [0.29, 0.717) is 13.0 Å². The Balaban J connectivity index is 1.52. The number of fused-ring (bicyclic) bond motifs is 2. The van der Waals surface area contributed by atoms with E-state index in [1.807, 2.05) is 48.9 Å². The van der Waals surface area contributed by atoms with Crippen molar-refractivity contribution in [2.75, 3.05) is 0 Å².